The Kier molecular flexibility index (Phi) is 6.77. The molecule has 1 amide bonds. The summed E-state index contributed by atoms with van der Waals surface area (Å²) in [4.78, 5) is 23.3. The number of esters is 1. The number of amides is 1. The van der Waals surface area contributed by atoms with E-state index in [4.69, 9.17) is 9.47 Å². The summed E-state index contributed by atoms with van der Waals surface area (Å²) in [6.45, 7) is 1.56. The molecular weight excluding hydrogens is 286 g/mol. The molecule has 1 aromatic carbocycles. The van der Waals surface area contributed by atoms with Crippen LogP contribution in [0.5, 0.6) is 11.5 Å². The van der Waals surface area contributed by atoms with Crippen molar-refractivity contribution in [2.24, 2.45) is 0 Å². The molecule has 6 nitrogen and oxygen atoms in total. The molecule has 0 aliphatic rings. The SMILES string of the molecule is CC#CC(=O)NC(CC(=O)OC)c1ccc(OC)cc1OC. The third kappa shape index (κ3) is 4.70. The Bertz CT molecular complexity index is 600. The average molecular weight is 305 g/mol. The number of carbonyl (C=O) groups is 2. The minimum Gasteiger partial charge on any atom is -0.497 e. The third-order valence-corrected chi connectivity index (χ3v) is 2.96. The van der Waals surface area contributed by atoms with Crippen LogP contribution in [-0.2, 0) is 14.3 Å². The fraction of sp³-hybridized carbons (Fsp3) is 0.375. The first-order chi connectivity index (χ1) is 10.5. The lowest BCUT2D eigenvalue weighted by Gasteiger charge is -2.20. The van der Waals surface area contributed by atoms with Crippen molar-refractivity contribution in [1.82, 2.24) is 5.32 Å². The summed E-state index contributed by atoms with van der Waals surface area (Å²) in [5.74, 6) is 5.07. The predicted molar refractivity (Wildman–Crippen MR) is 80.5 cm³/mol. The van der Waals surface area contributed by atoms with E-state index in [9.17, 15) is 9.59 Å². The molecule has 0 aliphatic heterocycles. The second-order valence-electron chi connectivity index (χ2n) is 4.29. The van der Waals surface area contributed by atoms with Crippen LogP contribution in [0.2, 0.25) is 0 Å². The number of nitrogens with one attached hydrogen (secondary N) is 1. The van der Waals surface area contributed by atoms with E-state index in [1.54, 1.807) is 32.2 Å². The van der Waals surface area contributed by atoms with Crippen molar-refractivity contribution in [2.75, 3.05) is 21.3 Å². The lowest BCUT2D eigenvalue weighted by atomic mass is 10.0. The van der Waals surface area contributed by atoms with E-state index in [-0.39, 0.29) is 6.42 Å². The molecule has 0 spiro atoms. The van der Waals surface area contributed by atoms with Gasteiger partial charge < -0.3 is 19.5 Å². The highest BCUT2D eigenvalue weighted by atomic mass is 16.5. The number of hydrogen-bond acceptors (Lipinski definition) is 5. The van der Waals surface area contributed by atoms with Crippen LogP contribution in [0.4, 0.5) is 0 Å². The highest BCUT2D eigenvalue weighted by Crippen LogP contribution is 2.31. The molecule has 1 unspecified atom stereocenters. The number of hydrogen-bond donors (Lipinski definition) is 1. The summed E-state index contributed by atoms with van der Waals surface area (Å²) < 4.78 is 15.1. The van der Waals surface area contributed by atoms with E-state index in [0.29, 0.717) is 17.1 Å². The van der Waals surface area contributed by atoms with Crippen molar-refractivity contribution in [1.29, 1.82) is 0 Å². The Morgan fingerprint density at radius 2 is 1.95 bits per heavy atom. The van der Waals surface area contributed by atoms with Crippen LogP contribution in [0.3, 0.4) is 0 Å². The highest BCUT2D eigenvalue weighted by Gasteiger charge is 2.22. The second kappa shape index (κ2) is 8.57. The van der Waals surface area contributed by atoms with Gasteiger partial charge in [0.2, 0.25) is 0 Å². The van der Waals surface area contributed by atoms with Gasteiger partial charge in [-0.1, -0.05) is 5.92 Å². The first-order valence-corrected chi connectivity index (χ1v) is 6.57. The molecule has 0 aliphatic carbocycles. The van der Waals surface area contributed by atoms with Crippen molar-refractivity contribution in [3.05, 3.63) is 23.8 Å². The number of benzene rings is 1. The lowest BCUT2D eigenvalue weighted by molar-refractivity contribution is -0.141. The van der Waals surface area contributed by atoms with Gasteiger partial charge in [0.1, 0.15) is 11.5 Å². The number of carbonyl (C=O) groups excluding carboxylic acids is 2. The van der Waals surface area contributed by atoms with E-state index in [1.807, 2.05) is 0 Å². The highest BCUT2D eigenvalue weighted by molar-refractivity contribution is 5.94. The van der Waals surface area contributed by atoms with Gasteiger partial charge in [0.25, 0.3) is 5.91 Å². The predicted octanol–water partition coefficient (Wildman–Crippen LogP) is 1.45. The van der Waals surface area contributed by atoms with Gasteiger partial charge in [-0.15, -0.1) is 0 Å². The zero-order valence-electron chi connectivity index (χ0n) is 13.1. The summed E-state index contributed by atoms with van der Waals surface area (Å²) >= 11 is 0. The Labute approximate surface area is 129 Å². The standard InChI is InChI=1S/C16H19NO5/c1-5-6-15(18)17-13(10-16(19)22-4)12-8-7-11(20-2)9-14(12)21-3/h7-9,13H,10H2,1-4H3,(H,17,18). The summed E-state index contributed by atoms with van der Waals surface area (Å²) in [6, 6.07) is 4.52. The van der Waals surface area contributed by atoms with Crippen molar-refractivity contribution >= 4 is 11.9 Å². The monoisotopic (exact) mass is 305 g/mol. The Morgan fingerprint density at radius 3 is 2.50 bits per heavy atom. The molecule has 1 atom stereocenters. The fourth-order valence-electron chi connectivity index (χ4n) is 1.90. The van der Waals surface area contributed by atoms with Gasteiger partial charge in [-0.3, -0.25) is 9.59 Å². The first kappa shape index (κ1) is 17.4. The van der Waals surface area contributed by atoms with E-state index < -0.39 is 17.9 Å². The van der Waals surface area contributed by atoms with Crippen LogP contribution < -0.4 is 14.8 Å². The van der Waals surface area contributed by atoms with Crippen LogP contribution in [0.1, 0.15) is 24.9 Å². The molecule has 0 saturated carbocycles. The van der Waals surface area contributed by atoms with Crippen molar-refractivity contribution < 1.29 is 23.8 Å². The maximum Gasteiger partial charge on any atom is 0.307 e. The molecule has 1 N–H and O–H groups in total. The molecule has 0 saturated heterocycles. The number of methoxy groups -OCH3 is 3. The Morgan fingerprint density at radius 1 is 1.23 bits per heavy atom. The van der Waals surface area contributed by atoms with Crippen LogP contribution in [0, 0.1) is 11.8 Å². The average Bonchev–Trinajstić information content (AvgIpc) is 2.53. The quantitative estimate of drug-likeness (QED) is 0.636. The van der Waals surface area contributed by atoms with Crippen molar-refractivity contribution in [3.63, 3.8) is 0 Å². The summed E-state index contributed by atoms with van der Waals surface area (Å²) in [5, 5.41) is 2.68. The second-order valence-corrected chi connectivity index (χ2v) is 4.29. The molecular formula is C16H19NO5. The minimum absolute atomic E-state index is 0.0314. The number of rotatable bonds is 6. The molecule has 0 fully saturated rings. The third-order valence-electron chi connectivity index (χ3n) is 2.96. The van der Waals surface area contributed by atoms with Gasteiger partial charge in [-0.25, -0.2) is 0 Å². The summed E-state index contributed by atoms with van der Waals surface area (Å²) in [6.07, 6.45) is -0.0314. The maximum atomic E-state index is 11.7. The number of ether oxygens (including phenoxy) is 3. The zero-order chi connectivity index (χ0) is 16.5. The molecule has 6 heteroatoms. The fourth-order valence-corrected chi connectivity index (χ4v) is 1.90. The van der Waals surface area contributed by atoms with E-state index >= 15 is 0 Å². The summed E-state index contributed by atoms with van der Waals surface area (Å²) in [7, 11) is 4.33. The van der Waals surface area contributed by atoms with Gasteiger partial charge in [0.05, 0.1) is 33.8 Å². The normalized spacial score (nSPS) is 10.7. The summed E-state index contributed by atoms with van der Waals surface area (Å²) in [5.41, 5.74) is 0.639. The Hall–Kier alpha value is -2.68. The van der Waals surface area contributed by atoms with Crippen LogP contribution in [0.25, 0.3) is 0 Å². The molecule has 1 rings (SSSR count). The van der Waals surface area contributed by atoms with Gasteiger partial charge in [0, 0.05) is 11.6 Å². The van der Waals surface area contributed by atoms with Gasteiger partial charge in [0.15, 0.2) is 0 Å². The molecule has 0 heterocycles. The molecule has 118 valence electrons. The molecule has 1 aromatic rings. The van der Waals surface area contributed by atoms with E-state index in [0.717, 1.165) is 0 Å². The molecule has 0 radical (unpaired) electrons. The van der Waals surface area contributed by atoms with Gasteiger partial charge >= 0.3 is 5.97 Å². The van der Waals surface area contributed by atoms with Crippen LogP contribution in [-0.4, -0.2) is 33.2 Å². The zero-order valence-corrected chi connectivity index (χ0v) is 13.1. The minimum atomic E-state index is -0.610. The van der Waals surface area contributed by atoms with Crippen molar-refractivity contribution in [3.8, 4) is 23.3 Å². The van der Waals surface area contributed by atoms with Crippen molar-refractivity contribution in [2.45, 2.75) is 19.4 Å². The topological polar surface area (TPSA) is 73.9 Å². The van der Waals surface area contributed by atoms with Crippen LogP contribution >= 0.6 is 0 Å². The van der Waals surface area contributed by atoms with Crippen LogP contribution in [0.15, 0.2) is 18.2 Å². The maximum absolute atomic E-state index is 11.7. The smallest absolute Gasteiger partial charge is 0.307 e. The lowest BCUT2D eigenvalue weighted by Crippen LogP contribution is -2.29. The molecule has 0 bridgehead atoms. The Balaban J connectivity index is 3.15. The van der Waals surface area contributed by atoms with E-state index in [2.05, 4.69) is 21.9 Å². The molecule has 22 heavy (non-hydrogen) atoms. The van der Waals surface area contributed by atoms with Gasteiger partial charge in [-0.05, 0) is 25.0 Å². The first-order valence-electron chi connectivity index (χ1n) is 6.57. The van der Waals surface area contributed by atoms with Gasteiger partial charge in [-0.2, -0.15) is 0 Å². The molecule has 0 aromatic heterocycles. The van der Waals surface area contributed by atoms with E-state index in [1.165, 1.54) is 14.2 Å². The largest absolute Gasteiger partial charge is 0.497 e.